The summed E-state index contributed by atoms with van der Waals surface area (Å²) in [5, 5.41) is 7.01. The zero-order valence-corrected chi connectivity index (χ0v) is 12.1. The lowest BCUT2D eigenvalue weighted by Crippen LogP contribution is -2.29. The second kappa shape index (κ2) is 6.76. The topological polar surface area (TPSA) is 50.2 Å². The molecule has 1 aromatic heterocycles. The predicted octanol–water partition coefficient (Wildman–Crippen LogP) is 1.35. The first kappa shape index (κ1) is 14.2. The molecule has 0 saturated heterocycles. The first-order valence-corrected chi connectivity index (χ1v) is 6.49. The molecule has 1 N–H and O–H groups in total. The van der Waals surface area contributed by atoms with Gasteiger partial charge in [0.1, 0.15) is 5.69 Å². The van der Waals surface area contributed by atoms with Gasteiger partial charge in [-0.3, -0.25) is 9.48 Å². The summed E-state index contributed by atoms with van der Waals surface area (Å²) in [6, 6.07) is 0. The number of carbonyl (C=O) groups is 1. The Morgan fingerprint density at radius 1 is 1.59 bits per heavy atom. The van der Waals surface area contributed by atoms with E-state index in [1.807, 2.05) is 21.0 Å². The Labute approximate surface area is 110 Å². The lowest BCUT2D eigenvalue weighted by molar-refractivity contribution is 0.0941. The summed E-state index contributed by atoms with van der Waals surface area (Å²) in [6.07, 6.45) is 2.59. The van der Waals surface area contributed by atoms with Crippen molar-refractivity contribution in [1.29, 1.82) is 0 Å². The Kier molecular flexibility index (Phi) is 5.64. The minimum atomic E-state index is -0.0741. The molecular weight excluding hydrogens is 284 g/mol. The average molecular weight is 303 g/mol. The monoisotopic (exact) mass is 302 g/mol. The zero-order valence-electron chi connectivity index (χ0n) is 10.5. The first-order valence-electron chi connectivity index (χ1n) is 5.70. The number of rotatable bonds is 6. The van der Waals surface area contributed by atoms with Gasteiger partial charge in [0.2, 0.25) is 0 Å². The van der Waals surface area contributed by atoms with Crippen molar-refractivity contribution >= 4 is 21.8 Å². The summed E-state index contributed by atoms with van der Waals surface area (Å²) < 4.78 is 2.43. The number of amides is 1. The van der Waals surface area contributed by atoms with E-state index < -0.39 is 0 Å². The number of aromatic nitrogens is 2. The molecule has 0 radical (unpaired) electrons. The maximum atomic E-state index is 11.9. The maximum absolute atomic E-state index is 11.9. The van der Waals surface area contributed by atoms with Crippen LogP contribution in [0.15, 0.2) is 10.7 Å². The van der Waals surface area contributed by atoms with Crippen molar-refractivity contribution in [3.63, 3.8) is 0 Å². The van der Waals surface area contributed by atoms with Crippen molar-refractivity contribution in [3.05, 3.63) is 16.4 Å². The van der Waals surface area contributed by atoms with Crippen LogP contribution in [-0.2, 0) is 6.54 Å². The van der Waals surface area contributed by atoms with Gasteiger partial charge in [0, 0.05) is 13.1 Å². The van der Waals surface area contributed by atoms with Crippen LogP contribution < -0.4 is 5.32 Å². The Morgan fingerprint density at radius 3 is 2.88 bits per heavy atom. The lowest BCUT2D eigenvalue weighted by Gasteiger charge is -2.10. The van der Waals surface area contributed by atoms with Crippen LogP contribution in [0.4, 0.5) is 0 Å². The van der Waals surface area contributed by atoms with Crippen LogP contribution in [0.2, 0.25) is 0 Å². The van der Waals surface area contributed by atoms with Crippen LogP contribution in [0.3, 0.4) is 0 Å². The predicted molar refractivity (Wildman–Crippen MR) is 71.1 cm³/mol. The largest absolute Gasteiger partial charge is 0.351 e. The number of nitrogens with zero attached hydrogens (tertiary/aromatic N) is 3. The van der Waals surface area contributed by atoms with E-state index >= 15 is 0 Å². The van der Waals surface area contributed by atoms with E-state index in [0.29, 0.717) is 18.8 Å². The van der Waals surface area contributed by atoms with Gasteiger partial charge in [-0.25, -0.2) is 0 Å². The first-order chi connectivity index (χ1) is 8.06. The molecule has 0 atom stereocenters. The molecule has 0 aliphatic carbocycles. The van der Waals surface area contributed by atoms with Gasteiger partial charge in [-0.1, -0.05) is 0 Å². The summed E-state index contributed by atoms with van der Waals surface area (Å²) in [5.74, 6) is -0.0741. The zero-order chi connectivity index (χ0) is 12.8. The second-order valence-corrected chi connectivity index (χ2v) is 4.92. The normalized spacial score (nSPS) is 10.9. The van der Waals surface area contributed by atoms with Crippen molar-refractivity contribution in [3.8, 4) is 0 Å². The Balaban J connectivity index is 2.49. The van der Waals surface area contributed by atoms with Crippen molar-refractivity contribution in [2.24, 2.45) is 0 Å². The Bertz CT molecular complexity index is 376. The highest BCUT2D eigenvalue weighted by Gasteiger charge is 2.15. The summed E-state index contributed by atoms with van der Waals surface area (Å²) in [7, 11) is 4.04. The van der Waals surface area contributed by atoms with E-state index in [0.717, 1.165) is 17.4 Å². The molecule has 96 valence electrons. The molecule has 17 heavy (non-hydrogen) atoms. The SMILES string of the molecule is CCn1ncc(Br)c1C(=O)NCCCN(C)C. The third-order valence-corrected chi connectivity index (χ3v) is 2.96. The highest BCUT2D eigenvalue weighted by Crippen LogP contribution is 2.15. The highest BCUT2D eigenvalue weighted by molar-refractivity contribution is 9.10. The number of nitrogens with one attached hydrogen (secondary N) is 1. The lowest BCUT2D eigenvalue weighted by atomic mass is 10.3. The molecule has 1 amide bonds. The molecule has 0 spiro atoms. The molecular formula is C11H19BrN4O. The summed E-state index contributed by atoms with van der Waals surface area (Å²) >= 11 is 3.34. The number of carbonyl (C=O) groups excluding carboxylic acids is 1. The fourth-order valence-corrected chi connectivity index (χ4v) is 1.99. The van der Waals surface area contributed by atoms with Gasteiger partial charge in [0.15, 0.2) is 0 Å². The molecule has 1 aromatic rings. The van der Waals surface area contributed by atoms with Gasteiger partial charge >= 0.3 is 0 Å². The van der Waals surface area contributed by atoms with Crippen LogP contribution in [0.5, 0.6) is 0 Å². The van der Waals surface area contributed by atoms with Crippen molar-refractivity contribution in [1.82, 2.24) is 20.0 Å². The van der Waals surface area contributed by atoms with E-state index in [9.17, 15) is 4.79 Å². The molecule has 1 rings (SSSR count). The van der Waals surface area contributed by atoms with Gasteiger partial charge in [-0.05, 0) is 49.9 Å². The molecule has 0 aliphatic heterocycles. The number of hydrogen-bond donors (Lipinski definition) is 1. The number of aryl methyl sites for hydroxylation is 1. The minimum absolute atomic E-state index is 0.0741. The highest BCUT2D eigenvalue weighted by atomic mass is 79.9. The fraction of sp³-hybridized carbons (Fsp3) is 0.636. The number of hydrogen-bond acceptors (Lipinski definition) is 3. The van der Waals surface area contributed by atoms with Crippen LogP contribution >= 0.6 is 15.9 Å². The van der Waals surface area contributed by atoms with Crippen LogP contribution in [0, 0.1) is 0 Å². The molecule has 0 bridgehead atoms. The quantitative estimate of drug-likeness (QED) is 0.807. The average Bonchev–Trinajstić information content (AvgIpc) is 2.65. The van der Waals surface area contributed by atoms with E-state index in [1.54, 1.807) is 10.9 Å². The second-order valence-electron chi connectivity index (χ2n) is 4.07. The van der Waals surface area contributed by atoms with E-state index in [1.165, 1.54) is 0 Å². The van der Waals surface area contributed by atoms with Crippen molar-refractivity contribution in [2.75, 3.05) is 27.2 Å². The number of halogens is 1. The molecule has 0 saturated carbocycles. The van der Waals surface area contributed by atoms with Crippen LogP contribution in [0.1, 0.15) is 23.8 Å². The van der Waals surface area contributed by atoms with Crippen molar-refractivity contribution in [2.45, 2.75) is 19.9 Å². The molecule has 0 aromatic carbocycles. The van der Waals surface area contributed by atoms with Gasteiger partial charge in [0.05, 0.1) is 10.7 Å². The molecule has 0 fully saturated rings. The summed E-state index contributed by atoms with van der Waals surface area (Å²) in [4.78, 5) is 14.0. The van der Waals surface area contributed by atoms with E-state index in [-0.39, 0.29) is 5.91 Å². The minimum Gasteiger partial charge on any atom is -0.351 e. The van der Waals surface area contributed by atoms with Crippen LogP contribution in [-0.4, -0.2) is 47.8 Å². The van der Waals surface area contributed by atoms with Crippen molar-refractivity contribution < 1.29 is 4.79 Å². The van der Waals surface area contributed by atoms with Gasteiger partial charge in [0.25, 0.3) is 5.91 Å². The summed E-state index contributed by atoms with van der Waals surface area (Å²) in [5.41, 5.74) is 0.595. The molecule has 1 heterocycles. The third-order valence-electron chi connectivity index (χ3n) is 2.38. The van der Waals surface area contributed by atoms with Gasteiger partial charge in [-0.15, -0.1) is 0 Å². The molecule has 0 unspecified atom stereocenters. The molecule has 5 nitrogen and oxygen atoms in total. The standard InChI is InChI=1S/C11H19BrN4O/c1-4-16-10(9(12)8-14-16)11(17)13-6-5-7-15(2)3/h8H,4-7H2,1-3H3,(H,13,17). The molecule has 0 aliphatic rings. The Hall–Kier alpha value is -0.880. The van der Waals surface area contributed by atoms with Gasteiger partial charge < -0.3 is 10.2 Å². The van der Waals surface area contributed by atoms with E-state index in [4.69, 9.17) is 0 Å². The molecule has 6 heteroatoms. The smallest absolute Gasteiger partial charge is 0.270 e. The van der Waals surface area contributed by atoms with Crippen LogP contribution in [0.25, 0.3) is 0 Å². The Morgan fingerprint density at radius 2 is 2.29 bits per heavy atom. The fourth-order valence-electron chi connectivity index (χ4n) is 1.51. The van der Waals surface area contributed by atoms with E-state index in [2.05, 4.69) is 31.2 Å². The van der Waals surface area contributed by atoms with Gasteiger partial charge in [-0.2, -0.15) is 5.10 Å². The summed E-state index contributed by atoms with van der Waals surface area (Å²) in [6.45, 7) is 4.29. The third kappa shape index (κ3) is 4.12. The maximum Gasteiger partial charge on any atom is 0.270 e.